The molecule has 2 aromatic rings. The zero-order valence-corrected chi connectivity index (χ0v) is 17.6. The maximum atomic E-state index is 11.4. The fourth-order valence-corrected chi connectivity index (χ4v) is 5.53. The molecule has 122 valence electrons. The number of aryl methyl sites for hydroxylation is 1. The zero-order valence-electron chi connectivity index (χ0n) is 11.3. The van der Waals surface area contributed by atoms with Gasteiger partial charge in [0.05, 0.1) is 30.0 Å². The predicted molar refractivity (Wildman–Crippen MR) is 108 cm³/mol. The molecule has 0 saturated carbocycles. The lowest BCUT2D eigenvalue weighted by atomic mass is 10.2. The van der Waals surface area contributed by atoms with Crippen LogP contribution in [0.5, 0.6) is 0 Å². The molecule has 0 saturated heterocycles. The van der Waals surface area contributed by atoms with Gasteiger partial charge in [-0.15, -0.1) is 0 Å². The van der Waals surface area contributed by atoms with Crippen molar-refractivity contribution in [2.24, 2.45) is 0 Å². The largest absolute Gasteiger partial charge is 0.211 e. The minimum Gasteiger partial charge on any atom is -0.211 e. The number of benzene rings is 2. The highest BCUT2D eigenvalue weighted by Gasteiger charge is 2.21. The average molecular weight is 465 g/mol. The molecule has 0 atom stereocenters. The smallest absolute Gasteiger partial charge is 0.144 e. The molecule has 0 bridgehead atoms. The quantitative estimate of drug-likeness (QED) is 0.199. The fraction of sp³-hybridized carbons (Fsp3) is 0.0714. The summed E-state index contributed by atoms with van der Waals surface area (Å²) >= 11 is 33.2. The van der Waals surface area contributed by atoms with E-state index in [2.05, 4.69) is 0 Å². The van der Waals surface area contributed by atoms with Crippen molar-refractivity contribution in [1.29, 1.82) is 0 Å². The Morgan fingerprint density at radius 3 is 1.74 bits per heavy atom. The van der Waals surface area contributed by atoms with E-state index in [0.717, 1.165) is 22.2 Å². The van der Waals surface area contributed by atoms with Crippen molar-refractivity contribution < 1.29 is 4.21 Å². The van der Waals surface area contributed by atoms with Gasteiger partial charge in [0.15, 0.2) is 0 Å². The van der Waals surface area contributed by atoms with E-state index in [1.165, 1.54) is 11.8 Å². The molecular formula is C14H7Cl5OS3. The van der Waals surface area contributed by atoms with Crippen molar-refractivity contribution >= 4 is 96.3 Å². The van der Waals surface area contributed by atoms with Crippen LogP contribution in [0.15, 0.2) is 34.1 Å². The van der Waals surface area contributed by atoms with Gasteiger partial charge in [-0.05, 0) is 19.1 Å². The highest BCUT2D eigenvalue weighted by atomic mass is 35.5. The molecule has 0 heterocycles. The van der Waals surface area contributed by atoms with Crippen molar-refractivity contribution in [2.45, 2.75) is 16.7 Å². The van der Waals surface area contributed by atoms with Crippen LogP contribution in [-0.4, -0.2) is 7.74 Å². The lowest BCUT2D eigenvalue weighted by molar-refractivity contribution is 0.701. The molecule has 23 heavy (non-hydrogen) atoms. The Hall–Kier alpha value is 0.480. The molecule has 0 spiro atoms. The minimum absolute atomic E-state index is 0.0928. The van der Waals surface area contributed by atoms with Crippen LogP contribution in [0.1, 0.15) is 5.56 Å². The summed E-state index contributed by atoms with van der Waals surface area (Å²) < 4.78 is 11.9. The molecule has 0 fully saturated rings. The third-order valence-electron chi connectivity index (χ3n) is 2.65. The average Bonchev–Trinajstić information content (AvgIpc) is 2.56. The first-order valence-electron chi connectivity index (χ1n) is 5.95. The number of halogens is 5. The number of hydrogen-bond acceptors (Lipinski definition) is 3. The minimum atomic E-state index is 0.0928. The second-order valence-corrected chi connectivity index (χ2v) is 9.59. The van der Waals surface area contributed by atoms with Gasteiger partial charge in [-0.3, -0.25) is 0 Å². The highest BCUT2D eigenvalue weighted by molar-refractivity contribution is 8.45. The van der Waals surface area contributed by atoms with Crippen LogP contribution in [-0.2, 0) is 11.3 Å². The Labute approximate surface area is 171 Å². The zero-order chi connectivity index (χ0) is 17.1. The van der Waals surface area contributed by atoms with Gasteiger partial charge in [-0.1, -0.05) is 99.2 Å². The van der Waals surface area contributed by atoms with Crippen molar-refractivity contribution in [3.63, 3.8) is 0 Å². The Kier molecular flexibility index (Phi) is 7.51. The first-order chi connectivity index (χ1) is 10.8. The topological polar surface area (TPSA) is 17.1 Å². The van der Waals surface area contributed by atoms with Gasteiger partial charge < -0.3 is 0 Å². The van der Waals surface area contributed by atoms with E-state index in [4.69, 9.17) is 58.0 Å². The van der Waals surface area contributed by atoms with Gasteiger partial charge in [-0.25, -0.2) is 4.21 Å². The molecule has 0 unspecified atom stereocenters. The molecule has 1 nitrogen and oxygen atoms in total. The molecular weight excluding hydrogens is 458 g/mol. The van der Waals surface area contributed by atoms with E-state index in [1.807, 2.05) is 31.2 Å². The summed E-state index contributed by atoms with van der Waals surface area (Å²) in [5.74, 6) is 0. The maximum absolute atomic E-state index is 11.4. The van der Waals surface area contributed by atoms with Crippen LogP contribution in [0.2, 0.25) is 25.1 Å². The van der Waals surface area contributed by atoms with Crippen molar-refractivity contribution in [2.75, 3.05) is 0 Å². The Bertz CT molecular complexity index is 772. The van der Waals surface area contributed by atoms with Gasteiger partial charge in [0, 0.05) is 4.90 Å². The monoisotopic (exact) mass is 462 g/mol. The van der Waals surface area contributed by atoms with Gasteiger partial charge in [0.2, 0.25) is 0 Å². The number of rotatable bonds is 2. The first kappa shape index (κ1) is 19.8. The normalized spacial score (nSPS) is 10.7. The first-order valence-corrected chi connectivity index (χ1v) is 10.2. The van der Waals surface area contributed by atoms with Crippen LogP contribution >= 0.6 is 81.5 Å². The lowest BCUT2D eigenvalue weighted by Crippen LogP contribution is -1.90. The Morgan fingerprint density at radius 2 is 1.26 bits per heavy atom. The Balaban J connectivity index is 2.33. The van der Waals surface area contributed by atoms with Gasteiger partial charge in [-0.2, -0.15) is 0 Å². The second-order valence-electron chi connectivity index (χ2n) is 4.25. The lowest BCUT2D eigenvalue weighted by Gasteiger charge is -2.12. The van der Waals surface area contributed by atoms with E-state index in [9.17, 15) is 4.21 Å². The maximum Gasteiger partial charge on any atom is 0.144 e. The predicted octanol–water partition coefficient (Wildman–Crippen LogP) is 7.45. The van der Waals surface area contributed by atoms with Crippen LogP contribution in [0, 0.1) is 6.92 Å². The van der Waals surface area contributed by atoms with E-state index in [-0.39, 0.29) is 25.1 Å². The third kappa shape index (κ3) is 4.77. The van der Waals surface area contributed by atoms with Crippen LogP contribution < -0.4 is 0 Å². The van der Waals surface area contributed by atoms with Gasteiger partial charge in [0.25, 0.3) is 0 Å². The standard InChI is InChI=1S/C14H7Cl5OS3/c1-6-2-4-7(5-3-6)21-14(23-20)22-13-11(18)9(16)8(15)10(17)12(13)19/h2-5H,1H3. The molecule has 0 aromatic heterocycles. The summed E-state index contributed by atoms with van der Waals surface area (Å²) in [4.78, 5) is 1.34. The Morgan fingerprint density at radius 1 is 0.783 bits per heavy atom. The highest BCUT2D eigenvalue weighted by Crippen LogP contribution is 2.49. The van der Waals surface area contributed by atoms with E-state index >= 15 is 0 Å². The SMILES string of the molecule is Cc1ccc(SC(Sc2c(Cl)c(Cl)c(Cl)c(Cl)c2Cl)=S=O)cc1. The molecule has 0 aliphatic carbocycles. The summed E-state index contributed by atoms with van der Waals surface area (Å²) in [5.41, 5.74) is 1.14. The van der Waals surface area contributed by atoms with Gasteiger partial charge in [0.1, 0.15) is 14.8 Å². The molecule has 9 heteroatoms. The molecule has 0 aliphatic heterocycles. The molecule has 0 amide bonds. The molecule has 2 rings (SSSR count). The summed E-state index contributed by atoms with van der Waals surface area (Å²) in [6.07, 6.45) is 0. The van der Waals surface area contributed by atoms with Gasteiger partial charge >= 0.3 is 0 Å². The molecule has 2 aromatic carbocycles. The fourth-order valence-electron chi connectivity index (χ4n) is 1.52. The summed E-state index contributed by atoms with van der Waals surface area (Å²) in [6.45, 7) is 1.99. The van der Waals surface area contributed by atoms with Crippen molar-refractivity contribution in [1.82, 2.24) is 0 Å². The van der Waals surface area contributed by atoms with Crippen LogP contribution in [0.25, 0.3) is 0 Å². The van der Waals surface area contributed by atoms with E-state index < -0.39 is 0 Å². The van der Waals surface area contributed by atoms with Crippen molar-refractivity contribution in [3.8, 4) is 0 Å². The van der Waals surface area contributed by atoms with E-state index in [0.29, 0.717) is 19.7 Å². The summed E-state index contributed by atoms with van der Waals surface area (Å²) in [7, 11) is 0. The van der Waals surface area contributed by atoms with Crippen LogP contribution in [0.3, 0.4) is 0 Å². The summed E-state index contributed by atoms with van der Waals surface area (Å²) in [6, 6.07) is 7.80. The second kappa shape index (κ2) is 8.72. The third-order valence-corrected chi connectivity index (χ3v) is 8.14. The molecule has 0 N–H and O–H groups in total. The molecule has 0 radical (unpaired) electrons. The number of thioether (sulfide) groups is 2. The summed E-state index contributed by atoms with van der Waals surface area (Å²) in [5, 5.41) is 0.663. The number of hydrogen-bond donors (Lipinski definition) is 0. The molecule has 0 aliphatic rings. The van der Waals surface area contributed by atoms with E-state index in [1.54, 1.807) is 0 Å². The van der Waals surface area contributed by atoms with Crippen molar-refractivity contribution in [3.05, 3.63) is 54.9 Å². The van der Waals surface area contributed by atoms with Crippen LogP contribution in [0.4, 0.5) is 0 Å².